The molecule has 0 spiro atoms. The quantitative estimate of drug-likeness (QED) is 0.00978. The predicted molar refractivity (Wildman–Crippen MR) is 383 cm³/mol. The number of esters is 5. The predicted octanol–water partition coefficient (Wildman–Crippen LogP) is 10.0. The molecule has 0 amide bonds. The van der Waals surface area contributed by atoms with E-state index in [2.05, 4.69) is 20.1 Å². The number of azide groups is 2. The Morgan fingerprint density at radius 1 is 0.394 bits per heavy atom. The highest BCUT2D eigenvalue weighted by molar-refractivity contribution is 5.90. The van der Waals surface area contributed by atoms with Crippen LogP contribution in [0.4, 0.5) is 0 Å². The number of benzene rings is 7. The first-order valence-electron chi connectivity index (χ1n) is 35.4. The van der Waals surface area contributed by atoms with Gasteiger partial charge >= 0.3 is 29.8 Å². The Kier molecular flexibility index (Phi) is 29.6. The third kappa shape index (κ3) is 21.1. The van der Waals surface area contributed by atoms with Gasteiger partial charge in [-0.3, -0.25) is 4.79 Å². The monoisotopic (exact) mass is 1500 g/mol. The molecule has 109 heavy (non-hydrogen) atoms. The van der Waals surface area contributed by atoms with Crippen LogP contribution in [-0.2, 0) is 133 Å². The lowest BCUT2D eigenvalue weighted by molar-refractivity contribution is -0.375. The molecule has 20 atom stereocenters. The number of carbonyl (C=O) groups is 5. The SMILES string of the molecule is CCC1O[C@@H](O[C@H]2C(C(=O)OC)O[C@@H](O[C@H]3C(COC(C)=O)O[C@@H](O[C@H]4C(C(=O)OC)O[C@@H](OCN)C(OC(=O)c5ccccc5)[C@@H]4OCc4ccccc4)C(N=[N+]=[N-])[C@@H]3OCc3ccccc3)C(OC(=O)c3ccccc3)[C@@H]2OCc2ccccc2)C(N=[N+]=[N-])[C@H](OCc2ccccc2)[C@H]1OCc1ccccc1. The molecule has 4 saturated heterocycles. The fourth-order valence-corrected chi connectivity index (χ4v) is 13.1. The number of nitrogens with two attached hydrogens (primary N) is 1. The van der Waals surface area contributed by atoms with Crippen LogP contribution in [0.1, 0.15) is 68.8 Å². The van der Waals surface area contributed by atoms with E-state index in [9.17, 15) is 25.4 Å². The Morgan fingerprint density at radius 3 is 1.08 bits per heavy atom. The maximum absolute atomic E-state index is 15.1. The second-order valence-electron chi connectivity index (χ2n) is 25.5. The first kappa shape index (κ1) is 80.0. The van der Waals surface area contributed by atoms with Crippen LogP contribution >= 0.6 is 0 Å². The molecule has 0 aliphatic carbocycles. The molecule has 0 radical (unpaired) electrons. The van der Waals surface area contributed by atoms with E-state index >= 15 is 9.59 Å². The second kappa shape index (κ2) is 40.4. The van der Waals surface area contributed by atoms with Crippen LogP contribution in [0, 0.1) is 0 Å². The molecule has 30 nitrogen and oxygen atoms in total. The van der Waals surface area contributed by atoms with E-state index in [1.165, 1.54) is 24.3 Å². The molecule has 30 heteroatoms. The molecule has 7 aromatic carbocycles. The van der Waals surface area contributed by atoms with Gasteiger partial charge < -0.3 is 91.0 Å². The first-order chi connectivity index (χ1) is 53.3. The molecular weight excluding hydrogens is 1410 g/mol. The lowest BCUT2D eigenvalue weighted by atomic mass is 9.93. The van der Waals surface area contributed by atoms with E-state index in [-0.39, 0.29) is 50.6 Å². The summed E-state index contributed by atoms with van der Waals surface area (Å²) in [6.07, 6.45) is -29.1. The van der Waals surface area contributed by atoms with Gasteiger partial charge in [0.25, 0.3) is 0 Å². The van der Waals surface area contributed by atoms with Crippen LogP contribution in [0.25, 0.3) is 20.9 Å². The van der Waals surface area contributed by atoms with Gasteiger partial charge in [-0.05, 0) is 69.6 Å². The Morgan fingerprint density at radius 2 is 0.725 bits per heavy atom. The summed E-state index contributed by atoms with van der Waals surface area (Å²) in [5, 5.41) is 8.54. The van der Waals surface area contributed by atoms with Crippen molar-refractivity contribution in [1.29, 1.82) is 0 Å². The van der Waals surface area contributed by atoms with E-state index < -0.39 is 166 Å². The molecule has 7 aromatic rings. The maximum atomic E-state index is 15.1. The van der Waals surface area contributed by atoms with Gasteiger partial charge in [-0.2, -0.15) is 0 Å². The molecule has 0 aromatic heterocycles. The zero-order chi connectivity index (χ0) is 76.4. The summed E-state index contributed by atoms with van der Waals surface area (Å²) in [6.45, 7) is 1.07. The number of rotatable bonds is 34. The Labute approximate surface area is 628 Å². The summed E-state index contributed by atoms with van der Waals surface area (Å²) in [6, 6.07) is 57.8. The molecule has 2 N–H and O–H groups in total. The molecule has 0 bridgehead atoms. The molecule has 11 rings (SSSR count). The number of ether oxygens (including phenoxy) is 18. The minimum atomic E-state index is -2.05. The fourth-order valence-electron chi connectivity index (χ4n) is 13.1. The van der Waals surface area contributed by atoms with E-state index in [0.29, 0.717) is 16.7 Å². The number of carbonyl (C=O) groups excluding carboxylic acids is 5. The summed E-state index contributed by atoms with van der Waals surface area (Å²) < 4.78 is 118. The van der Waals surface area contributed by atoms with Crippen LogP contribution in [0.2, 0.25) is 0 Å². The highest BCUT2D eigenvalue weighted by atomic mass is 16.8. The van der Waals surface area contributed by atoms with Gasteiger partial charge in [0, 0.05) is 16.7 Å². The topological polar surface area (TPSA) is 375 Å². The van der Waals surface area contributed by atoms with Gasteiger partial charge in [0.1, 0.15) is 73.6 Å². The molecule has 4 fully saturated rings. The average molecular weight is 1500 g/mol. The van der Waals surface area contributed by atoms with Gasteiger partial charge in [-0.15, -0.1) is 0 Å². The zero-order valence-electron chi connectivity index (χ0n) is 60.1. The third-order valence-corrected chi connectivity index (χ3v) is 18.4. The summed E-state index contributed by atoms with van der Waals surface area (Å²) in [7, 11) is 2.18. The van der Waals surface area contributed by atoms with Crippen LogP contribution in [0.15, 0.2) is 223 Å². The van der Waals surface area contributed by atoms with Crippen LogP contribution in [0.3, 0.4) is 0 Å². The highest BCUT2D eigenvalue weighted by Gasteiger charge is 2.61. The lowest BCUT2D eigenvalue weighted by Gasteiger charge is -2.51. The van der Waals surface area contributed by atoms with Crippen molar-refractivity contribution in [2.24, 2.45) is 16.0 Å². The van der Waals surface area contributed by atoms with E-state index in [0.717, 1.165) is 32.3 Å². The molecule has 0 saturated carbocycles. The molecular formula is C79H85N7O23. The zero-order valence-corrected chi connectivity index (χ0v) is 60.1. The Bertz CT molecular complexity index is 4110. The van der Waals surface area contributed by atoms with E-state index in [1.807, 2.05) is 67.6 Å². The third-order valence-electron chi connectivity index (χ3n) is 18.4. The minimum absolute atomic E-state index is 0.00529. The summed E-state index contributed by atoms with van der Waals surface area (Å²) >= 11 is 0. The van der Waals surface area contributed by atoms with Crippen LogP contribution < -0.4 is 5.73 Å². The molecule has 574 valence electrons. The lowest BCUT2D eigenvalue weighted by Crippen LogP contribution is -2.69. The number of methoxy groups -OCH3 is 2. The van der Waals surface area contributed by atoms with Crippen molar-refractivity contribution in [3.8, 4) is 0 Å². The average Bonchev–Trinajstić information content (AvgIpc) is 0.760. The molecule has 4 aliphatic heterocycles. The van der Waals surface area contributed by atoms with Crippen molar-refractivity contribution < 1.29 is 109 Å². The smallest absolute Gasteiger partial charge is 0.338 e. The standard InChI is InChI=1S/C79H85N7O23/c1-5-56-60(95-41-49-27-13-6-14-28-49)62(96-42-50-29-15-7-16-30-50)58(83-85-81)76(101-56)106-67-65(99-45-53-35-21-10-22-36-53)71(104-73(89)55-39-25-12-26-40-55)79(109-69(67)75(91)93-4)105-61-57(46-94-48(2)87)102-77(59(84-86-82)63(61)97-43-51-31-17-8-18-32-51)107-66-64(98-44-52-33-19-9-20-34-52)70(103-72(88)54-37-23-11-24-38-54)78(100-47-80)108-68(66)74(90)92-3/h6-40,56-71,76-79H,5,41-47,80H2,1-4H3/t56?,57?,58?,59?,60-,61-,62-,63-,64+,65+,66+,67+,68?,69?,70?,71?,76-,77-,78+,79+/m0/s1. The number of hydrogen-bond acceptors (Lipinski definition) is 26. The van der Waals surface area contributed by atoms with Crippen molar-refractivity contribution in [3.63, 3.8) is 0 Å². The van der Waals surface area contributed by atoms with Crippen LogP contribution in [0.5, 0.6) is 0 Å². The summed E-state index contributed by atoms with van der Waals surface area (Å²) in [5.41, 5.74) is 30.9. The Balaban J connectivity index is 1.03. The Hall–Kier alpha value is -10.1. The van der Waals surface area contributed by atoms with Gasteiger partial charge in [0.15, 0.2) is 49.6 Å². The van der Waals surface area contributed by atoms with Crippen molar-refractivity contribution in [3.05, 3.63) is 272 Å². The summed E-state index contributed by atoms with van der Waals surface area (Å²) in [5.74, 6) is -4.82. The van der Waals surface area contributed by atoms with Crippen molar-refractivity contribution in [1.82, 2.24) is 0 Å². The normalized spacial score (nSPS) is 28.0. The second-order valence-corrected chi connectivity index (χ2v) is 25.5. The number of nitrogens with zero attached hydrogens (tertiary/aromatic N) is 6. The number of hydrogen-bond donors (Lipinski definition) is 1. The highest BCUT2D eigenvalue weighted by Crippen LogP contribution is 2.42. The first-order valence-corrected chi connectivity index (χ1v) is 35.4. The fraction of sp³-hybridized carbons (Fsp3) is 0.405. The van der Waals surface area contributed by atoms with E-state index in [1.54, 1.807) is 127 Å². The van der Waals surface area contributed by atoms with Crippen molar-refractivity contribution in [2.45, 2.75) is 176 Å². The largest absolute Gasteiger partial charge is 0.467 e. The summed E-state index contributed by atoms with van der Waals surface area (Å²) in [4.78, 5) is 78.5. The minimum Gasteiger partial charge on any atom is -0.467 e. The van der Waals surface area contributed by atoms with Gasteiger partial charge in [-0.1, -0.05) is 205 Å². The van der Waals surface area contributed by atoms with Gasteiger partial charge in [-0.25, -0.2) is 19.2 Å². The van der Waals surface area contributed by atoms with Crippen molar-refractivity contribution in [2.75, 3.05) is 27.6 Å². The van der Waals surface area contributed by atoms with Gasteiger partial charge in [0.05, 0.1) is 71.2 Å². The van der Waals surface area contributed by atoms with Crippen molar-refractivity contribution >= 4 is 29.8 Å². The molecule has 8 unspecified atom stereocenters. The van der Waals surface area contributed by atoms with Gasteiger partial charge in [0.2, 0.25) is 0 Å². The van der Waals surface area contributed by atoms with E-state index in [4.69, 9.17) is 91.0 Å². The molecule has 4 heterocycles. The maximum Gasteiger partial charge on any atom is 0.338 e. The molecule has 4 aliphatic rings. The van der Waals surface area contributed by atoms with Crippen LogP contribution in [-0.4, -0.2) is 180 Å².